The number of halogens is 2. The van der Waals surface area contributed by atoms with Crippen molar-refractivity contribution in [1.29, 1.82) is 0 Å². The summed E-state index contributed by atoms with van der Waals surface area (Å²) in [6.45, 7) is 9.35. The molecular formula is C24H28F2N6O. The molecule has 2 N–H and O–H groups in total. The van der Waals surface area contributed by atoms with E-state index in [1.54, 1.807) is 6.20 Å². The van der Waals surface area contributed by atoms with Crippen LogP contribution in [0.5, 0.6) is 0 Å². The Kier molecular flexibility index (Phi) is 5.99. The van der Waals surface area contributed by atoms with Crippen LogP contribution in [0.25, 0.3) is 10.9 Å². The summed E-state index contributed by atoms with van der Waals surface area (Å²) in [7, 11) is 0. The van der Waals surface area contributed by atoms with E-state index in [1.807, 2.05) is 19.2 Å². The van der Waals surface area contributed by atoms with Crippen LogP contribution in [0.1, 0.15) is 12.5 Å². The monoisotopic (exact) mass is 454 g/mol. The Labute approximate surface area is 191 Å². The maximum atomic E-state index is 15.0. The topological polar surface area (TPSA) is 65.5 Å². The van der Waals surface area contributed by atoms with Gasteiger partial charge in [0.2, 0.25) is 0 Å². The molecule has 174 valence electrons. The van der Waals surface area contributed by atoms with Crippen LogP contribution in [0.2, 0.25) is 0 Å². The highest BCUT2D eigenvalue weighted by atomic mass is 19.1. The molecule has 0 unspecified atom stereocenters. The van der Waals surface area contributed by atoms with Gasteiger partial charge in [-0.15, -0.1) is 0 Å². The quantitative estimate of drug-likeness (QED) is 0.625. The molecule has 2 aliphatic heterocycles. The standard InChI is InChI=1S/C24H28F2N6O/c1-15-14-32(4-3-28-15)24-16(2)23(22-20(26)9-17(25)10-21(22)30-24)29-18-11-19(13-27-12-18)31-5-7-33-8-6-31/h9-13,15,28H,3-8,14H2,1-2H3,(H,29,30)/t15-/m0/s1. The first-order valence-corrected chi connectivity index (χ1v) is 11.3. The van der Waals surface area contributed by atoms with E-state index in [2.05, 4.69) is 37.3 Å². The van der Waals surface area contributed by atoms with Crippen LogP contribution >= 0.6 is 0 Å². The second-order valence-electron chi connectivity index (χ2n) is 8.67. The zero-order valence-corrected chi connectivity index (χ0v) is 18.9. The molecule has 0 amide bonds. The highest BCUT2D eigenvalue weighted by molar-refractivity contribution is 5.97. The fraction of sp³-hybridized carbons (Fsp3) is 0.417. The molecule has 7 nitrogen and oxygen atoms in total. The smallest absolute Gasteiger partial charge is 0.137 e. The summed E-state index contributed by atoms with van der Waals surface area (Å²) in [6, 6.07) is 4.49. The first kappa shape index (κ1) is 21.8. The molecule has 1 atom stereocenters. The van der Waals surface area contributed by atoms with E-state index in [1.165, 1.54) is 6.07 Å². The maximum absolute atomic E-state index is 15.0. The van der Waals surface area contributed by atoms with Crippen LogP contribution in [-0.4, -0.2) is 61.9 Å². The van der Waals surface area contributed by atoms with Gasteiger partial charge in [0.15, 0.2) is 0 Å². The molecule has 2 fully saturated rings. The molecule has 2 aromatic heterocycles. The van der Waals surface area contributed by atoms with E-state index < -0.39 is 11.6 Å². The summed E-state index contributed by atoms with van der Waals surface area (Å²) in [5.74, 6) is -0.542. The third-order valence-corrected chi connectivity index (χ3v) is 6.26. The molecule has 0 radical (unpaired) electrons. The van der Waals surface area contributed by atoms with E-state index in [4.69, 9.17) is 4.74 Å². The van der Waals surface area contributed by atoms with Crippen molar-refractivity contribution in [2.24, 2.45) is 0 Å². The number of nitrogens with zero attached hydrogens (tertiary/aromatic N) is 4. The summed E-state index contributed by atoms with van der Waals surface area (Å²) in [5.41, 5.74) is 3.40. The minimum Gasteiger partial charge on any atom is -0.378 e. The molecule has 0 saturated carbocycles. The van der Waals surface area contributed by atoms with Crippen molar-refractivity contribution in [3.05, 3.63) is 47.8 Å². The van der Waals surface area contributed by atoms with E-state index >= 15 is 4.39 Å². The van der Waals surface area contributed by atoms with E-state index in [-0.39, 0.29) is 5.39 Å². The van der Waals surface area contributed by atoms with Gasteiger partial charge in [-0.1, -0.05) is 0 Å². The van der Waals surface area contributed by atoms with Gasteiger partial charge in [0.1, 0.15) is 17.5 Å². The second kappa shape index (κ2) is 9.07. The molecule has 2 saturated heterocycles. The van der Waals surface area contributed by atoms with Crippen molar-refractivity contribution in [3.8, 4) is 0 Å². The first-order chi connectivity index (χ1) is 16.0. The number of piperazine rings is 1. The highest BCUT2D eigenvalue weighted by Gasteiger charge is 2.23. The largest absolute Gasteiger partial charge is 0.378 e. The molecule has 4 heterocycles. The maximum Gasteiger partial charge on any atom is 0.137 e. The van der Waals surface area contributed by atoms with Crippen molar-refractivity contribution < 1.29 is 13.5 Å². The van der Waals surface area contributed by atoms with E-state index in [0.717, 1.165) is 61.5 Å². The summed E-state index contributed by atoms with van der Waals surface area (Å²) in [5, 5.41) is 7.08. The average molecular weight is 455 g/mol. The third kappa shape index (κ3) is 4.43. The Balaban J connectivity index is 1.58. The van der Waals surface area contributed by atoms with Crippen LogP contribution in [0.4, 0.5) is 31.7 Å². The zero-order chi connectivity index (χ0) is 22.9. The lowest BCUT2D eigenvalue weighted by molar-refractivity contribution is 0.122. The number of benzene rings is 1. The number of anilines is 4. The number of morpholine rings is 1. The van der Waals surface area contributed by atoms with Gasteiger partial charge in [0.25, 0.3) is 0 Å². The lowest BCUT2D eigenvalue weighted by Crippen LogP contribution is -2.49. The van der Waals surface area contributed by atoms with Crippen LogP contribution in [0, 0.1) is 18.6 Å². The molecule has 0 aliphatic carbocycles. The molecular weight excluding hydrogens is 426 g/mol. The number of rotatable bonds is 4. The van der Waals surface area contributed by atoms with Gasteiger partial charge < -0.3 is 25.2 Å². The molecule has 3 aromatic rings. The highest BCUT2D eigenvalue weighted by Crippen LogP contribution is 2.37. The minimum absolute atomic E-state index is 0.276. The SMILES string of the molecule is Cc1c(N2CCN[C@@H](C)C2)nc2cc(F)cc(F)c2c1Nc1cncc(N2CCOCC2)c1. The van der Waals surface area contributed by atoms with Gasteiger partial charge in [0.05, 0.1) is 53.6 Å². The summed E-state index contributed by atoms with van der Waals surface area (Å²) in [4.78, 5) is 13.5. The van der Waals surface area contributed by atoms with Gasteiger partial charge in [0, 0.05) is 56.5 Å². The number of aromatic nitrogens is 2. The Morgan fingerprint density at radius 1 is 1.09 bits per heavy atom. The lowest BCUT2D eigenvalue weighted by Gasteiger charge is -2.34. The fourth-order valence-corrected chi connectivity index (χ4v) is 4.62. The lowest BCUT2D eigenvalue weighted by atomic mass is 10.1. The molecule has 0 spiro atoms. The molecule has 0 bridgehead atoms. The normalized spacial score (nSPS) is 19.2. The number of pyridine rings is 2. The third-order valence-electron chi connectivity index (χ3n) is 6.26. The molecule has 1 aromatic carbocycles. The van der Waals surface area contributed by atoms with E-state index in [9.17, 15) is 4.39 Å². The number of hydrogen-bond donors (Lipinski definition) is 2. The number of hydrogen-bond acceptors (Lipinski definition) is 7. The molecule has 2 aliphatic rings. The molecule has 5 rings (SSSR count). The first-order valence-electron chi connectivity index (χ1n) is 11.3. The van der Waals surface area contributed by atoms with Crippen molar-refractivity contribution >= 4 is 33.8 Å². The number of fused-ring (bicyclic) bond motifs is 1. The average Bonchev–Trinajstić information content (AvgIpc) is 2.81. The van der Waals surface area contributed by atoms with Crippen molar-refractivity contribution in [2.45, 2.75) is 19.9 Å². The Hall–Kier alpha value is -3.04. The predicted molar refractivity (Wildman–Crippen MR) is 127 cm³/mol. The van der Waals surface area contributed by atoms with Gasteiger partial charge >= 0.3 is 0 Å². The van der Waals surface area contributed by atoms with Gasteiger partial charge in [-0.2, -0.15) is 0 Å². The zero-order valence-electron chi connectivity index (χ0n) is 18.9. The number of nitrogens with one attached hydrogen (secondary N) is 2. The van der Waals surface area contributed by atoms with E-state index in [0.29, 0.717) is 30.5 Å². The van der Waals surface area contributed by atoms with Gasteiger partial charge in [-0.25, -0.2) is 13.8 Å². The Bertz CT molecular complexity index is 1170. The van der Waals surface area contributed by atoms with Crippen molar-refractivity contribution in [2.75, 3.05) is 61.1 Å². The summed E-state index contributed by atoms with van der Waals surface area (Å²) >= 11 is 0. The van der Waals surface area contributed by atoms with Gasteiger partial charge in [-0.05, 0) is 19.9 Å². The van der Waals surface area contributed by atoms with Crippen LogP contribution in [0.3, 0.4) is 0 Å². The van der Waals surface area contributed by atoms with Crippen molar-refractivity contribution in [3.63, 3.8) is 0 Å². The second-order valence-corrected chi connectivity index (χ2v) is 8.67. The Morgan fingerprint density at radius 3 is 2.70 bits per heavy atom. The fourth-order valence-electron chi connectivity index (χ4n) is 4.62. The molecule has 33 heavy (non-hydrogen) atoms. The van der Waals surface area contributed by atoms with Crippen molar-refractivity contribution in [1.82, 2.24) is 15.3 Å². The summed E-state index contributed by atoms with van der Waals surface area (Å²) < 4.78 is 34.6. The molecule has 9 heteroatoms. The summed E-state index contributed by atoms with van der Waals surface area (Å²) in [6.07, 6.45) is 3.53. The van der Waals surface area contributed by atoms with Gasteiger partial charge in [-0.3, -0.25) is 4.98 Å². The van der Waals surface area contributed by atoms with Crippen LogP contribution < -0.4 is 20.4 Å². The number of ether oxygens (including phenoxy) is 1. The predicted octanol–water partition coefficient (Wildman–Crippen LogP) is 3.59. The Morgan fingerprint density at radius 2 is 1.91 bits per heavy atom. The van der Waals surface area contributed by atoms with Crippen LogP contribution in [0.15, 0.2) is 30.6 Å². The van der Waals surface area contributed by atoms with Crippen LogP contribution in [-0.2, 0) is 4.74 Å². The minimum atomic E-state index is -0.641.